The first-order valence-electron chi connectivity index (χ1n) is 10.3. The number of hydrogen-bond donors (Lipinski definition) is 0. The van der Waals surface area contributed by atoms with Crippen molar-refractivity contribution < 1.29 is 19.1 Å². The van der Waals surface area contributed by atoms with Gasteiger partial charge >= 0.3 is 5.97 Å². The molecule has 4 aliphatic carbocycles. The second kappa shape index (κ2) is 6.42. The lowest BCUT2D eigenvalue weighted by Crippen LogP contribution is -2.54. The van der Waals surface area contributed by atoms with Crippen LogP contribution in [0.5, 0.6) is 0 Å². The van der Waals surface area contributed by atoms with E-state index in [1.165, 1.54) is 18.1 Å². The quantitative estimate of drug-likeness (QED) is 0.540. The second-order valence-corrected chi connectivity index (χ2v) is 9.47. The van der Waals surface area contributed by atoms with Gasteiger partial charge in [0.1, 0.15) is 12.4 Å². The first-order valence-corrected chi connectivity index (χ1v) is 10.3. The summed E-state index contributed by atoms with van der Waals surface area (Å²) in [7, 11) is 0. The molecule has 0 aromatic heterocycles. The van der Waals surface area contributed by atoms with E-state index in [1.807, 2.05) is 12.2 Å². The van der Waals surface area contributed by atoms with Gasteiger partial charge in [0.25, 0.3) is 0 Å². The van der Waals surface area contributed by atoms with Crippen LogP contribution in [0, 0.1) is 28.6 Å². The van der Waals surface area contributed by atoms with Crippen molar-refractivity contribution in [1.82, 2.24) is 0 Å². The zero-order valence-corrected chi connectivity index (χ0v) is 16.7. The van der Waals surface area contributed by atoms with Gasteiger partial charge in [0.05, 0.1) is 0 Å². The van der Waals surface area contributed by atoms with Gasteiger partial charge in [0, 0.05) is 25.7 Å². The molecule has 5 unspecified atom stereocenters. The topological polar surface area (TPSA) is 60.4 Å². The fraction of sp³-hybridized carbons (Fsp3) is 0.696. The maximum Gasteiger partial charge on any atom is 0.302 e. The van der Waals surface area contributed by atoms with Crippen LogP contribution in [0.3, 0.4) is 0 Å². The minimum Gasteiger partial charge on any atom is -0.462 e. The molecule has 146 valence electrons. The Morgan fingerprint density at radius 1 is 1.19 bits per heavy atom. The number of Topliss-reactive ketones (excluding diaryl/α,β-unsaturated/α-hetero) is 1. The summed E-state index contributed by atoms with van der Waals surface area (Å²) in [6.45, 7) is 6.21. The molecule has 4 heteroatoms. The van der Waals surface area contributed by atoms with E-state index in [4.69, 9.17) is 4.74 Å². The molecule has 0 bridgehead atoms. The third-order valence-electron chi connectivity index (χ3n) is 8.12. The van der Waals surface area contributed by atoms with Crippen molar-refractivity contribution in [3.8, 4) is 0 Å². The molecule has 0 aliphatic heterocycles. The predicted molar refractivity (Wildman–Crippen MR) is 102 cm³/mol. The van der Waals surface area contributed by atoms with E-state index in [1.54, 1.807) is 0 Å². The first kappa shape index (κ1) is 18.6. The summed E-state index contributed by atoms with van der Waals surface area (Å²) >= 11 is 0. The van der Waals surface area contributed by atoms with Crippen molar-refractivity contribution in [3.05, 3.63) is 23.3 Å². The van der Waals surface area contributed by atoms with Crippen molar-refractivity contribution in [2.24, 2.45) is 28.6 Å². The van der Waals surface area contributed by atoms with Gasteiger partial charge in [-0.2, -0.15) is 0 Å². The summed E-state index contributed by atoms with van der Waals surface area (Å²) in [6, 6.07) is 0. The Hall–Kier alpha value is -1.71. The van der Waals surface area contributed by atoms with Gasteiger partial charge in [-0.3, -0.25) is 14.4 Å². The highest BCUT2D eigenvalue weighted by Crippen LogP contribution is 2.65. The molecule has 5 atom stereocenters. The number of rotatable bonds is 2. The molecular formula is C23H30O4. The molecule has 0 amide bonds. The number of esters is 1. The van der Waals surface area contributed by atoms with Crippen LogP contribution in [-0.2, 0) is 19.1 Å². The van der Waals surface area contributed by atoms with Crippen molar-refractivity contribution >= 4 is 17.5 Å². The molecule has 4 nitrogen and oxygen atoms in total. The molecule has 4 rings (SSSR count). The number of ether oxygens (including phenoxy) is 1. The van der Waals surface area contributed by atoms with Gasteiger partial charge in [0.15, 0.2) is 5.78 Å². The van der Waals surface area contributed by atoms with Gasteiger partial charge in [-0.25, -0.2) is 0 Å². The van der Waals surface area contributed by atoms with E-state index >= 15 is 0 Å². The SMILES string of the molecule is CC(=O)OC/C=C1/CCC2C3CCC4=CC(=O)CCC4(C)C3C(=O)CC12C. The maximum absolute atomic E-state index is 13.4. The van der Waals surface area contributed by atoms with Crippen LogP contribution in [0.2, 0.25) is 0 Å². The standard InChI is InChI=1S/C23H30O4/c1-14(24)27-11-9-15-5-7-19-18-6-4-16-12-17(25)8-10-22(16,2)21(18)20(26)13-23(15,19)3/h9,12,18-19,21H,4-8,10-11,13H2,1-3H3/b15-9-. The summed E-state index contributed by atoms with van der Waals surface area (Å²) in [5.41, 5.74) is 2.30. The fourth-order valence-electron chi connectivity index (χ4n) is 6.83. The van der Waals surface area contributed by atoms with E-state index in [-0.39, 0.29) is 28.5 Å². The molecule has 0 saturated heterocycles. The summed E-state index contributed by atoms with van der Waals surface area (Å²) in [6.07, 6.45) is 9.96. The van der Waals surface area contributed by atoms with Gasteiger partial charge in [-0.15, -0.1) is 0 Å². The van der Waals surface area contributed by atoms with Crippen molar-refractivity contribution in [1.29, 1.82) is 0 Å². The summed E-state index contributed by atoms with van der Waals surface area (Å²) in [5, 5.41) is 0. The average Bonchev–Trinajstić information content (AvgIpc) is 2.91. The predicted octanol–water partition coefficient (Wildman–Crippen LogP) is 4.19. The van der Waals surface area contributed by atoms with Crippen molar-refractivity contribution in [2.75, 3.05) is 6.61 Å². The molecule has 0 aromatic rings. The van der Waals surface area contributed by atoms with E-state index in [2.05, 4.69) is 13.8 Å². The van der Waals surface area contributed by atoms with Crippen LogP contribution in [0.1, 0.15) is 65.7 Å². The molecule has 3 fully saturated rings. The highest BCUT2D eigenvalue weighted by molar-refractivity contribution is 5.93. The summed E-state index contributed by atoms with van der Waals surface area (Å²) in [4.78, 5) is 36.4. The van der Waals surface area contributed by atoms with E-state index in [9.17, 15) is 14.4 Å². The molecule has 0 spiro atoms. The second-order valence-electron chi connectivity index (χ2n) is 9.47. The van der Waals surface area contributed by atoms with Crippen LogP contribution in [0.25, 0.3) is 0 Å². The molecule has 3 saturated carbocycles. The Morgan fingerprint density at radius 3 is 2.70 bits per heavy atom. The fourth-order valence-corrected chi connectivity index (χ4v) is 6.83. The van der Waals surface area contributed by atoms with Gasteiger partial charge in [-0.1, -0.05) is 25.0 Å². The molecule has 0 aromatic carbocycles. The summed E-state index contributed by atoms with van der Waals surface area (Å²) in [5.74, 6) is 1.33. The van der Waals surface area contributed by atoms with E-state index < -0.39 is 0 Å². The van der Waals surface area contributed by atoms with Crippen molar-refractivity contribution in [2.45, 2.75) is 65.7 Å². The van der Waals surface area contributed by atoms with Gasteiger partial charge in [-0.05, 0) is 66.9 Å². The third-order valence-corrected chi connectivity index (χ3v) is 8.12. The Kier molecular flexibility index (Phi) is 4.44. The lowest BCUT2D eigenvalue weighted by molar-refractivity contribution is -0.143. The van der Waals surface area contributed by atoms with Crippen LogP contribution >= 0.6 is 0 Å². The maximum atomic E-state index is 13.4. The molecule has 27 heavy (non-hydrogen) atoms. The van der Waals surface area contributed by atoms with Crippen LogP contribution in [0.4, 0.5) is 0 Å². The number of carbonyl (C=O) groups excluding carboxylic acids is 3. The number of fused-ring (bicyclic) bond motifs is 5. The zero-order valence-electron chi connectivity index (χ0n) is 16.7. The molecule has 0 heterocycles. The minimum atomic E-state index is -0.266. The van der Waals surface area contributed by atoms with Crippen LogP contribution < -0.4 is 0 Å². The first-order chi connectivity index (χ1) is 12.8. The molecule has 4 aliphatic rings. The normalized spacial score (nSPS) is 42.3. The highest BCUT2D eigenvalue weighted by atomic mass is 16.5. The monoisotopic (exact) mass is 370 g/mol. The lowest BCUT2D eigenvalue weighted by atomic mass is 9.47. The highest BCUT2D eigenvalue weighted by Gasteiger charge is 2.60. The number of allylic oxidation sites excluding steroid dienone is 2. The largest absolute Gasteiger partial charge is 0.462 e. The van der Waals surface area contributed by atoms with Crippen molar-refractivity contribution in [3.63, 3.8) is 0 Å². The Bertz CT molecular complexity index is 760. The van der Waals surface area contributed by atoms with E-state index in [0.717, 1.165) is 32.1 Å². The summed E-state index contributed by atoms with van der Waals surface area (Å²) < 4.78 is 5.12. The van der Waals surface area contributed by atoms with Gasteiger partial charge < -0.3 is 4.74 Å². The van der Waals surface area contributed by atoms with Gasteiger partial charge in [0.2, 0.25) is 0 Å². The smallest absolute Gasteiger partial charge is 0.302 e. The Morgan fingerprint density at radius 2 is 1.96 bits per heavy atom. The Labute approximate surface area is 161 Å². The number of ketones is 2. The number of carbonyl (C=O) groups is 3. The number of hydrogen-bond acceptors (Lipinski definition) is 4. The Balaban J connectivity index is 1.64. The van der Waals surface area contributed by atoms with E-state index in [0.29, 0.717) is 37.1 Å². The molecule has 0 radical (unpaired) electrons. The third kappa shape index (κ3) is 2.83. The molecular weight excluding hydrogens is 340 g/mol. The van der Waals surface area contributed by atoms with Crippen LogP contribution in [-0.4, -0.2) is 24.1 Å². The lowest BCUT2D eigenvalue weighted by Gasteiger charge is -2.56. The van der Waals surface area contributed by atoms with Crippen LogP contribution in [0.15, 0.2) is 23.3 Å². The molecule has 0 N–H and O–H groups in total. The average molecular weight is 370 g/mol. The minimum absolute atomic E-state index is 0.0662. The zero-order chi connectivity index (χ0) is 19.4.